The summed E-state index contributed by atoms with van der Waals surface area (Å²) in [5, 5.41) is 3.79. The zero-order valence-electron chi connectivity index (χ0n) is 12.2. The topological polar surface area (TPSA) is 89.3 Å². The van der Waals surface area contributed by atoms with E-state index in [1.807, 2.05) is 0 Å². The van der Waals surface area contributed by atoms with Gasteiger partial charge in [0.05, 0.1) is 10.6 Å². The molecule has 1 aromatic rings. The molecule has 2 saturated carbocycles. The molecule has 0 amide bonds. The van der Waals surface area contributed by atoms with Crippen molar-refractivity contribution in [2.24, 2.45) is 11.3 Å². The van der Waals surface area contributed by atoms with Gasteiger partial charge in [0.2, 0.25) is 0 Å². The molecule has 7 heteroatoms. The molecule has 0 aliphatic heterocycles. The van der Waals surface area contributed by atoms with E-state index >= 15 is 0 Å². The lowest BCUT2D eigenvalue weighted by molar-refractivity contribution is 0.102. The molecule has 0 radical (unpaired) electrons. The number of Topliss-reactive ketones (excluding diaryl/α,β-unsaturated/α-hetero) is 1. The van der Waals surface area contributed by atoms with Crippen LogP contribution in [-0.2, 0) is 9.84 Å². The van der Waals surface area contributed by atoms with Crippen LogP contribution in [0.15, 0.2) is 4.90 Å². The standard InChI is InChI=1S/C14H20N2O3S2/c1-8(17)11-10(15)12(21(2,18)19)13(20-11)16-7-14(5-6-14)9-3-4-9/h9,16H,3-7,15H2,1-2H3. The highest BCUT2D eigenvalue weighted by molar-refractivity contribution is 7.91. The van der Waals surface area contributed by atoms with Crippen molar-refractivity contribution in [2.45, 2.75) is 37.5 Å². The van der Waals surface area contributed by atoms with Crippen LogP contribution < -0.4 is 11.1 Å². The van der Waals surface area contributed by atoms with Gasteiger partial charge in [-0.15, -0.1) is 11.3 Å². The number of rotatable bonds is 6. The molecule has 1 heterocycles. The first kappa shape index (κ1) is 14.8. The zero-order chi connectivity index (χ0) is 15.4. The highest BCUT2D eigenvalue weighted by atomic mass is 32.2. The Bertz CT molecular complexity index is 698. The minimum absolute atomic E-state index is 0.0873. The summed E-state index contributed by atoms with van der Waals surface area (Å²) in [4.78, 5) is 12.0. The van der Waals surface area contributed by atoms with Gasteiger partial charge in [-0.1, -0.05) is 0 Å². The van der Waals surface area contributed by atoms with Gasteiger partial charge in [0.25, 0.3) is 0 Å². The lowest BCUT2D eigenvalue weighted by atomic mass is 10.0. The Morgan fingerprint density at radius 1 is 1.43 bits per heavy atom. The van der Waals surface area contributed by atoms with Gasteiger partial charge in [-0.3, -0.25) is 4.79 Å². The van der Waals surface area contributed by atoms with Crippen LogP contribution in [0.2, 0.25) is 0 Å². The molecule has 0 atom stereocenters. The summed E-state index contributed by atoms with van der Waals surface area (Å²) >= 11 is 1.16. The Morgan fingerprint density at radius 2 is 2.05 bits per heavy atom. The van der Waals surface area contributed by atoms with E-state index < -0.39 is 9.84 Å². The van der Waals surface area contributed by atoms with Crippen LogP contribution in [0.4, 0.5) is 10.7 Å². The number of nitrogens with two attached hydrogens (primary N) is 1. The van der Waals surface area contributed by atoms with E-state index in [1.165, 1.54) is 32.6 Å². The third kappa shape index (κ3) is 2.68. The van der Waals surface area contributed by atoms with Gasteiger partial charge in [-0.05, 0) is 37.0 Å². The number of nitrogens with one attached hydrogen (secondary N) is 1. The van der Waals surface area contributed by atoms with Crippen molar-refractivity contribution in [3.05, 3.63) is 4.88 Å². The van der Waals surface area contributed by atoms with E-state index in [4.69, 9.17) is 5.73 Å². The fourth-order valence-corrected chi connectivity index (χ4v) is 5.48. The third-order valence-corrected chi connectivity index (χ3v) is 7.09. The summed E-state index contributed by atoms with van der Waals surface area (Å²) < 4.78 is 23.9. The minimum Gasteiger partial charge on any atom is -0.396 e. The Hall–Kier alpha value is -1.08. The van der Waals surface area contributed by atoms with Gasteiger partial charge in [0.15, 0.2) is 15.6 Å². The molecule has 0 aromatic carbocycles. The first-order valence-corrected chi connectivity index (χ1v) is 9.82. The van der Waals surface area contributed by atoms with E-state index in [0.29, 0.717) is 15.3 Å². The number of carbonyl (C=O) groups excluding carboxylic acids is 1. The monoisotopic (exact) mass is 328 g/mol. The van der Waals surface area contributed by atoms with Crippen molar-refractivity contribution < 1.29 is 13.2 Å². The predicted molar refractivity (Wildman–Crippen MR) is 84.7 cm³/mol. The highest BCUT2D eigenvalue weighted by Crippen LogP contribution is 2.61. The number of carbonyl (C=O) groups is 1. The van der Waals surface area contributed by atoms with Crippen molar-refractivity contribution in [1.82, 2.24) is 0 Å². The number of nitrogen functional groups attached to an aromatic ring is 1. The van der Waals surface area contributed by atoms with Crippen molar-refractivity contribution in [3.8, 4) is 0 Å². The van der Waals surface area contributed by atoms with Gasteiger partial charge in [0.1, 0.15) is 9.90 Å². The van der Waals surface area contributed by atoms with Crippen LogP contribution in [0.25, 0.3) is 0 Å². The van der Waals surface area contributed by atoms with E-state index in [-0.39, 0.29) is 16.4 Å². The van der Waals surface area contributed by atoms with Gasteiger partial charge in [0, 0.05) is 19.7 Å². The molecular formula is C14H20N2O3S2. The molecule has 0 spiro atoms. The molecule has 2 aliphatic carbocycles. The van der Waals surface area contributed by atoms with Crippen LogP contribution in [0, 0.1) is 11.3 Å². The number of ketones is 1. The molecule has 116 valence electrons. The van der Waals surface area contributed by atoms with Crippen LogP contribution >= 0.6 is 11.3 Å². The molecular weight excluding hydrogens is 308 g/mol. The summed E-state index contributed by atoms with van der Waals surface area (Å²) in [6.45, 7) is 2.18. The summed E-state index contributed by atoms with van der Waals surface area (Å²) in [5.41, 5.74) is 6.33. The molecule has 2 aliphatic rings. The van der Waals surface area contributed by atoms with E-state index in [2.05, 4.69) is 5.32 Å². The quantitative estimate of drug-likeness (QED) is 0.783. The Morgan fingerprint density at radius 3 is 2.48 bits per heavy atom. The molecule has 3 rings (SSSR count). The highest BCUT2D eigenvalue weighted by Gasteiger charge is 2.53. The SMILES string of the molecule is CC(=O)c1sc(NCC2(C3CC3)CC2)c(S(C)(=O)=O)c1N. The summed E-state index contributed by atoms with van der Waals surface area (Å²) in [6.07, 6.45) is 6.12. The summed E-state index contributed by atoms with van der Waals surface area (Å²) in [6, 6.07) is 0. The first-order valence-electron chi connectivity index (χ1n) is 7.12. The molecule has 1 aromatic heterocycles. The maximum atomic E-state index is 12.0. The lowest BCUT2D eigenvalue weighted by Crippen LogP contribution is -2.18. The average molecular weight is 328 g/mol. The maximum absolute atomic E-state index is 12.0. The smallest absolute Gasteiger partial charge is 0.180 e. The van der Waals surface area contributed by atoms with Crippen LogP contribution in [0.1, 0.15) is 42.3 Å². The largest absolute Gasteiger partial charge is 0.396 e. The maximum Gasteiger partial charge on any atom is 0.180 e. The number of thiophene rings is 1. The normalized spacial score (nSPS) is 20.3. The molecule has 0 saturated heterocycles. The summed E-state index contributed by atoms with van der Waals surface area (Å²) in [7, 11) is -3.46. The lowest BCUT2D eigenvalue weighted by Gasteiger charge is -2.15. The second kappa shape index (κ2) is 4.71. The Kier molecular flexibility index (Phi) is 3.33. The Balaban J connectivity index is 1.90. The van der Waals surface area contributed by atoms with Crippen molar-refractivity contribution in [3.63, 3.8) is 0 Å². The van der Waals surface area contributed by atoms with Crippen LogP contribution in [0.3, 0.4) is 0 Å². The van der Waals surface area contributed by atoms with Crippen LogP contribution in [-0.4, -0.2) is 27.0 Å². The van der Waals surface area contributed by atoms with E-state index in [0.717, 1.165) is 30.1 Å². The number of hydrogen-bond donors (Lipinski definition) is 2. The zero-order valence-corrected chi connectivity index (χ0v) is 13.9. The second-order valence-electron chi connectivity index (χ2n) is 6.32. The minimum atomic E-state index is -3.46. The molecule has 0 unspecified atom stereocenters. The van der Waals surface area contributed by atoms with Gasteiger partial charge < -0.3 is 11.1 Å². The first-order chi connectivity index (χ1) is 9.74. The molecule has 3 N–H and O–H groups in total. The molecule has 5 nitrogen and oxygen atoms in total. The van der Waals surface area contributed by atoms with Crippen LogP contribution in [0.5, 0.6) is 0 Å². The second-order valence-corrected chi connectivity index (χ2v) is 9.29. The third-order valence-electron chi connectivity index (χ3n) is 4.53. The predicted octanol–water partition coefficient (Wildman–Crippen LogP) is 2.54. The van der Waals surface area contributed by atoms with Gasteiger partial charge in [-0.2, -0.15) is 0 Å². The van der Waals surface area contributed by atoms with Gasteiger partial charge >= 0.3 is 0 Å². The molecule has 0 bridgehead atoms. The number of anilines is 2. The number of hydrogen-bond acceptors (Lipinski definition) is 6. The summed E-state index contributed by atoms with van der Waals surface area (Å²) in [5.74, 6) is 0.593. The number of sulfone groups is 1. The van der Waals surface area contributed by atoms with Crippen molar-refractivity contribution in [2.75, 3.05) is 23.9 Å². The Labute approximate surface area is 128 Å². The van der Waals surface area contributed by atoms with Gasteiger partial charge in [-0.25, -0.2) is 8.42 Å². The van der Waals surface area contributed by atoms with Crippen molar-refractivity contribution in [1.29, 1.82) is 0 Å². The fourth-order valence-electron chi connectivity index (χ4n) is 3.02. The fraction of sp³-hybridized carbons (Fsp3) is 0.643. The average Bonchev–Trinajstić information content (AvgIpc) is 3.22. The van der Waals surface area contributed by atoms with Crippen molar-refractivity contribution >= 4 is 37.6 Å². The van der Waals surface area contributed by atoms with E-state index in [1.54, 1.807) is 0 Å². The molecule has 2 fully saturated rings. The van der Waals surface area contributed by atoms with E-state index in [9.17, 15) is 13.2 Å². The molecule has 21 heavy (non-hydrogen) atoms.